The van der Waals surface area contributed by atoms with Gasteiger partial charge in [-0.05, 0) is 44.2 Å². The largest absolute Gasteiger partial charge is 0.355 e. The molecule has 17 heavy (non-hydrogen) atoms. The van der Waals surface area contributed by atoms with E-state index in [1.165, 1.54) is 11.8 Å². The molecule has 1 aromatic carbocycles. The summed E-state index contributed by atoms with van der Waals surface area (Å²) in [6, 6.07) is 7.47. The number of carbonyl (C=O) groups excluding carboxylic acids is 1. The Balaban J connectivity index is 2.40. The van der Waals surface area contributed by atoms with E-state index >= 15 is 0 Å². The molecule has 0 aromatic heterocycles. The van der Waals surface area contributed by atoms with Gasteiger partial charge < -0.3 is 11.1 Å². The van der Waals surface area contributed by atoms with Gasteiger partial charge in [-0.2, -0.15) is 0 Å². The van der Waals surface area contributed by atoms with E-state index in [4.69, 9.17) is 17.3 Å². The van der Waals surface area contributed by atoms with Crippen molar-refractivity contribution in [1.82, 2.24) is 5.32 Å². The van der Waals surface area contributed by atoms with Crippen LogP contribution in [0.1, 0.15) is 13.3 Å². The van der Waals surface area contributed by atoms with E-state index in [0.717, 1.165) is 11.3 Å². The number of nitrogens with one attached hydrogen (secondary N) is 1. The molecule has 0 aliphatic carbocycles. The smallest absolute Gasteiger partial charge is 0.233 e. The first-order valence-electron chi connectivity index (χ1n) is 5.53. The summed E-state index contributed by atoms with van der Waals surface area (Å²) >= 11 is 7.31. The average Bonchev–Trinajstić information content (AvgIpc) is 2.32. The maximum atomic E-state index is 11.7. The molecule has 94 valence electrons. The summed E-state index contributed by atoms with van der Waals surface area (Å²) in [5.74, 6) is 0.0402. The second-order valence-electron chi connectivity index (χ2n) is 3.65. The number of hydrogen-bond donors (Lipinski definition) is 2. The maximum absolute atomic E-state index is 11.7. The van der Waals surface area contributed by atoms with Crippen LogP contribution in [0.2, 0.25) is 5.02 Å². The quantitative estimate of drug-likeness (QED) is 0.617. The predicted molar refractivity (Wildman–Crippen MR) is 73.5 cm³/mol. The van der Waals surface area contributed by atoms with Gasteiger partial charge in [0.05, 0.1) is 5.25 Å². The van der Waals surface area contributed by atoms with Gasteiger partial charge in [0.2, 0.25) is 5.91 Å². The van der Waals surface area contributed by atoms with Crippen molar-refractivity contribution in [2.45, 2.75) is 23.5 Å². The monoisotopic (exact) mass is 272 g/mol. The summed E-state index contributed by atoms with van der Waals surface area (Å²) in [6.07, 6.45) is 0.810. The van der Waals surface area contributed by atoms with Gasteiger partial charge in [-0.15, -0.1) is 11.8 Å². The van der Waals surface area contributed by atoms with Crippen molar-refractivity contribution in [3.05, 3.63) is 29.3 Å². The molecule has 1 atom stereocenters. The highest BCUT2D eigenvalue weighted by molar-refractivity contribution is 8.00. The molecule has 3 nitrogen and oxygen atoms in total. The Kier molecular flexibility index (Phi) is 6.40. The standard InChI is InChI=1S/C12H17ClN2OS/c1-9(12(16)15-8-2-7-14)17-11-5-3-10(13)4-6-11/h3-6,9H,2,7-8,14H2,1H3,(H,15,16). The number of hydrogen-bond acceptors (Lipinski definition) is 3. The number of nitrogens with two attached hydrogens (primary N) is 1. The molecule has 0 aliphatic heterocycles. The molecule has 0 aliphatic rings. The number of amides is 1. The fraction of sp³-hybridized carbons (Fsp3) is 0.417. The Bertz CT molecular complexity index is 356. The molecule has 1 aromatic rings. The normalized spacial score (nSPS) is 12.2. The molecule has 0 saturated heterocycles. The molecule has 3 N–H and O–H groups in total. The minimum Gasteiger partial charge on any atom is -0.355 e. The van der Waals surface area contributed by atoms with Crippen molar-refractivity contribution in [2.24, 2.45) is 5.73 Å². The molecule has 0 heterocycles. The average molecular weight is 273 g/mol. The van der Waals surface area contributed by atoms with E-state index in [2.05, 4.69) is 5.32 Å². The molecule has 0 saturated carbocycles. The van der Waals surface area contributed by atoms with Gasteiger partial charge in [-0.3, -0.25) is 4.79 Å². The fourth-order valence-corrected chi connectivity index (χ4v) is 2.25. The Morgan fingerprint density at radius 3 is 2.71 bits per heavy atom. The van der Waals surface area contributed by atoms with Crippen molar-refractivity contribution in [2.75, 3.05) is 13.1 Å². The summed E-state index contributed by atoms with van der Waals surface area (Å²) in [5, 5.41) is 3.44. The van der Waals surface area contributed by atoms with Gasteiger partial charge >= 0.3 is 0 Å². The van der Waals surface area contributed by atoms with E-state index in [1.54, 1.807) is 0 Å². The maximum Gasteiger partial charge on any atom is 0.233 e. The third-order valence-corrected chi connectivity index (χ3v) is 3.54. The zero-order valence-corrected chi connectivity index (χ0v) is 11.4. The van der Waals surface area contributed by atoms with Crippen molar-refractivity contribution < 1.29 is 4.79 Å². The molecule has 0 spiro atoms. The summed E-state index contributed by atoms with van der Waals surface area (Å²) < 4.78 is 0. The van der Waals surface area contributed by atoms with Crippen molar-refractivity contribution in [3.63, 3.8) is 0 Å². The zero-order valence-electron chi connectivity index (χ0n) is 9.78. The van der Waals surface area contributed by atoms with Crippen LogP contribution in [0, 0.1) is 0 Å². The lowest BCUT2D eigenvalue weighted by Gasteiger charge is -2.11. The van der Waals surface area contributed by atoms with Gasteiger partial charge in [0.1, 0.15) is 0 Å². The summed E-state index contributed by atoms with van der Waals surface area (Å²) in [7, 11) is 0. The van der Waals surface area contributed by atoms with Gasteiger partial charge in [-0.25, -0.2) is 0 Å². The van der Waals surface area contributed by atoms with E-state index < -0.39 is 0 Å². The lowest BCUT2D eigenvalue weighted by molar-refractivity contribution is -0.120. The minimum absolute atomic E-state index is 0.0402. The van der Waals surface area contributed by atoms with Crippen LogP contribution in [0.25, 0.3) is 0 Å². The lowest BCUT2D eigenvalue weighted by atomic mass is 10.4. The van der Waals surface area contributed by atoms with Crippen molar-refractivity contribution in [1.29, 1.82) is 0 Å². The Hall–Kier alpha value is -0.710. The van der Waals surface area contributed by atoms with Crippen LogP contribution >= 0.6 is 23.4 Å². The Morgan fingerprint density at radius 2 is 2.12 bits per heavy atom. The minimum atomic E-state index is -0.117. The van der Waals surface area contributed by atoms with Crippen LogP contribution in [0.5, 0.6) is 0 Å². The van der Waals surface area contributed by atoms with Gasteiger partial charge in [0.25, 0.3) is 0 Å². The highest BCUT2D eigenvalue weighted by Crippen LogP contribution is 2.24. The Morgan fingerprint density at radius 1 is 1.47 bits per heavy atom. The predicted octanol–water partition coefficient (Wildman–Crippen LogP) is 2.29. The van der Waals surface area contributed by atoms with E-state index in [9.17, 15) is 4.79 Å². The van der Waals surface area contributed by atoms with Crippen LogP contribution in [0.4, 0.5) is 0 Å². The van der Waals surface area contributed by atoms with Crippen LogP contribution in [0.15, 0.2) is 29.2 Å². The van der Waals surface area contributed by atoms with E-state index in [1.807, 2.05) is 31.2 Å². The first-order valence-corrected chi connectivity index (χ1v) is 6.79. The highest BCUT2D eigenvalue weighted by Gasteiger charge is 2.13. The number of halogens is 1. The SMILES string of the molecule is CC(Sc1ccc(Cl)cc1)C(=O)NCCCN. The van der Waals surface area contributed by atoms with Crippen LogP contribution in [0.3, 0.4) is 0 Å². The molecule has 1 rings (SSSR count). The molecular weight excluding hydrogens is 256 g/mol. The molecule has 1 amide bonds. The molecular formula is C12H17ClN2OS. The molecule has 0 fully saturated rings. The third-order valence-electron chi connectivity index (χ3n) is 2.18. The second-order valence-corrected chi connectivity index (χ2v) is 5.50. The molecule has 1 unspecified atom stereocenters. The summed E-state index contributed by atoms with van der Waals surface area (Å²) in [4.78, 5) is 12.7. The molecule has 5 heteroatoms. The van der Waals surface area contributed by atoms with E-state index in [0.29, 0.717) is 18.1 Å². The first-order chi connectivity index (χ1) is 8.13. The lowest BCUT2D eigenvalue weighted by Crippen LogP contribution is -2.32. The summed E-state index contributed by atoms with van der Waals surface area (Å²) in [6.45, 7) is 3.12. The van der Waals surface area contributed by atoms with Crippen LogP contribution < -0.4 is 11.1 Å². The van der Waals surface area contributed by atoms with E-state index in [-0.39, 0.29) is 11.2 Å². The zero-order chi connectivity index (χ0) is 12.7. The molecule has 0 bridgehead atoms. The highest BCUT2D eigenvalue weighted by atomic mass is 35.5. The van der Waals surface area contributed by atoms with Crippen molar-refractivity contribution >= 4 is 29.3 Å². The second kappa shape index (κ2) is 7.58. The summed E-state index contributed by atoms with van der Waals surface area (Å²) in [5.41, 5.74) is 5.36. The van der Waals surface area contributed by atoms with Crippen molar-refractivity contribution in [3.8, 4) is 0 Å². The van der Waals surface area contributed by atoms with Crippen LogP contribution in [-0.4, -0.2) is 24.2 Å². The van der Waals surface area contributed by atoms with Gasteiger partial charge in [0, 0.05) is 16.5 Å². The third kappa shape index (κ3) is 5.44. The number of benzene rings is 1. The number of thioether (sulfide) groups is 1. The Labute approximate surface area is 111 Å². The molecule has 0 radical (unpaired) electrons. The van der Waals surface area contributed by atoms with Gasteiger partial charge in [-0.1, -0.05) is 11.6 Å². The first kappa shape index (κ1) is 14.4. The topological polar surface area (TPSA) is 55.1 Å². The van der Waals surface area contributed by atoms with Crippen LogP contribution in [-0.2, 0) is 4.79 Å². The number of carbonyl (C=O) groups is 1. The van der Waals surface area contributed by atoms with Gasteiger partial charge in [0.15, 0.2) is 0 Å². The fourth-order valence-electron chi connectivity index (χ4n) is 1.23. The number of rotatable bonds is 6.